The molecule has 0 radical (unpaired) electrons. The van der Waals surface area contributed by atoms with Crippen LogP contribution in [0.1, 0.15) is 74.0 Å². The molecule has 2 heterocycles. The number of carbonyl (C=O) groups excluding carboxylic acids is 1. The lowest BCUT2D eigenvalue weighted by molar-refractivity contribution is -0.245. The van der Waals surface area contributed by atoms with E-state index < -0.39 is 6.29 Å². The Labute approximate surface area is 251 Å². The topological polar surface area (TPSA) is 92.7 Å². The van der Waals surface area contributed by atoms with Gasteiger partial charge in [0.05, 0.1) is 23.8 Å². The van der Waals surface area contributed by atoms with Crippen molar-refractivity contribution in [2.75, 3.05) is 11.1 Å². The Bertz CT molecular complexity index is 1330. The standard InChI is InChI=1S/C34H39N3O4S/c38-20-22-4-6-26(7-5-22)30-16-29(21-42-31-3-1-2-12-35-31)40-32(41-30)27-8-10-28(11-9-27)36-33(39)37-34-17-23-13-24(18-34)15-25(14-23)19-34/h1-12,23-25,29-30,32,38H,13-21H2,(H2,36,37,39)/t23?,24?,25?,29-,30+,32+,34?/m1/s1. The molecule has 0 unspecified atom stereocenters. The molecule has 1 saturated heterocycles. The van der Waals surface area contributed by atoms with Crippen molar-refractivity contribution in [3.63, 3.8) is 0 Å². The number of aliphatic hydroxyl groups excluding tert-OH is 1. The van der Waals surface area contributed by atoms with Crippen LogP contribution < -0.4 is 10.6 Å². The normalized spacial score (nSPS) is 31.5. The molecule has 4 saturated carbocycles. The van der Waals surface area contributed by atoms with Crippen LogP contribution in [-0.4, -0.2) is 33.5 Å². The maximum absolute atomic E-state index is 13.1. The largest absolute Gasteiger partial charge is 0.392 e. The molecule has 3 atom stereocenters. The first-order valence-electron chi connectivity index (χ1n) is 15.3. The van der Waals surface area contributed by atoms with E-state index in [1.54, 1.807) is 18.0 Å². The van der Waals surface area contributed by atoms with Gasteiger partial charge in [-0.05, 0) is 91.7 Å². The number of hydrogen-bond acceptors (Lipinski definition) is 6. The molecule has 4 aliphatic carbocycles. The lowest BCUT2D eigenvalue weighted by Gasteiger charge is -2.56. The van der Waals surface area contributed by atoms with Gasteiger partial charge in [-0.2, -0.15) is 0 Å². The highest BCUT2D eigenvalue weighted by Crippen LogP contribution is 2.55. The van der Waals surface area contributed by atoms with Crippen molar-refractivity contribution in [2.45, 2.75) is 80.6 Å². The maximum Gasteiger partial charge on any atom is 0.319 e. The van der Waals surface area contributed by atoms with Crippen molar-refractivity contribution in [2.24, 2.45) is 17.8 Å². The van der Waals surface area contributed by atoms with Crippen LogP contribution in [-0.2, 0) is 16.1 Å². The Hall–Kier alpha value is -2.91. The number of aromatic nitrogens is 1. The highest BCUT2D eigenvalue weighted by atomic mass is 32.2. The molecule has 4 bridgehead atoms. The molecule has 1 aromatic heterocycles. The first-order chi connectivity index (χ1) is 20.5. The summed E-state index contributed by atoms with van der Waals surface area (Å²) in [5, 5.41) is 16.9. The monoisotopic (exact) mass is 585 g/mol. The van der Waals surface area contributed by atoms with E-state index in [0.29, 0.717) is 0 Å². The van der Waals surface area contributed by atoms with Crippen LogP contribution >= 0.6 is 11.8 Å². The second-order valence-corrected chi connectivity index (χ2v) is 13.8. The summed E-state index contributed by atoms with van der Waals surface area (Å²) in [4.78, 5) is 17.5. The molecular weight excluding hydrogens is 546 g/mol. The lowest BCUT2D eigenvalue weighted by atomic mass is 9.53. The van der Waals surface area contributed by atoms with Crippen molar-refractivity contribution in [1.82, 2.24) is 10.3 Å². The SMILES string of the molecule is O=C(Nc1ccc([C@H]2O[C@@H](CSc3ccccn3)C[C@@H](c3ccc(CO)cc3)O2)cc1)NC12CC3CC(CC(C3)C1)C2. The molecule has 2 amide bonds. The lowest BCUT2D eigenvalue weighted by Crippen LogP contribution is -2.60. The molecule has 5 aliphatic rings. The van der Waals surface area contributed by atoms with Crippen LogP contribution in [0.2, 0.25) is 0 Å². The van der Waals surface area contributed by atoms with Gasteiger partial charge >= 0.3 is 6.03 Å². The van der Waals surface area contributed by atoms with Gasteiger partial charge in [0.25, 0.3) is 0 Å². The Morgan fingerprint density at radius 1 is 0.881 bits per heavy atom. The summed E-state index contributed by atoms with van der Waals surface area (Å²) in [5.74, 6) is 3.11. The van der Waals surface area contributed by atoms with Gasteiger partial charge < -0.3 is 25.2 Å². The average Bonchev–Trinajstić information content (AvgIpc) is 3.00. The fourth-order valence-corrected chi connectivity index (χ4v) is 8.91. The number of amides is 2. The quantitative estimate of drug-likeness (QED) is 0.247. The fourth-order valence-electron chi connectivity index (χ4n) is 8.02. The minimum atomic E-state index is -0.537. The number of anilines is 1. The predicted octanol–water partition coefficient (Wildman–Crippen LogP) is 7.00. The number of rotatable bonds is 8. The molecule has 5 fully saturated rings. The number of ether oxygens (including phenoxy) is 2. The van der Waals surface area contributed by atoms with E-state index in [-0.39, 0.29) is 30.4 Å². The van der Waals surface area contributed by atoms with Crippen LogP contribution in [0.15, 0.2) is 78.0 Å². The second kappa shape index (κ2) is 12.0. The van der Waals surface area contributed by atoms with E-state index in [4.69, 9.17) is 9.47 Å². The van der Waals surface area contributed by atoms with Gasteiger partial charge in [0.15, 0.2) is 6.29 Å². The Morgan fingerprint density at radius 3 is 2.21 bits per heavy atom. The molecule has 7 nitrogen and oxygen atoms in total. The van der Waals surface area contributed by atoms with Gasteiger partial charge in [0.2, 0.25) is 0 Å². The zero-order chi connectivity index (χ0) is 28.5. The van der Waals surface area contributed by atoms with Crippen molar-refractivity contribution < 1.29 is 19.4 Å². The molecule has 3 aromatic rings. The highest BCUT2D eigenvalue weighted by molar-refractivity contribution is 7.99. The third kappa shape index (κ3) is 6.23. The third-order valence-corrected chi connectivity index (χ3v) is 10.6. The molecule has 8 rings (SSSR count). The van der Waals surface area contributed by atoms with E-state index in [2.05, 4.69) is 15.6 Å². The van der Waals surface area contributed by atoms with Crippen LogP contribution in [0.3, 0.4) is 0 Å². The van der Waals surface area contributed by atoms with Gasteiger partial charge in [-0.1, -0.05) is 42.5 Å². The third-order valence-electron chi connectivity index (χ3n) is 9.53. The van der Waals surface area contributed by atoms with Gasteiger partial charge in [0.1, 0.15) is 0 Å². The average molecular weight is 586 g/mol. The number of nitrogens with one attached hydrogen (secondary N) is 2. The summed E-state index contributed by atoms with van der Waals surface area (Å²) in [6.07, 6.45) is 9.26. The fraction of sp³-hybridized carbons (Fsp3) is 0.471. The zero-order valence-electron chi connectivity index (χ0n) is 23.8. The number of pyridine rings is 1. The van der Waals surface area contributed by atoms with Crippen molar-refractivity contribution >= 4 is 23.5 Å². The maximum atomic E-state index is 13.1. The number of thioether (sulfide) groups is 1. The van der Waals surface area contributed by atoms with E-state index in [1.165, 1.54) is 19.3 Å². The van der Waals surface area contributed by atoms with Crippen LogP contribution in [0.25, 0.3) is 0 Å². The van der Waals surface area contributed by atoms with E-state index in [9.17, 15) is 9.90 Å². The Balaban J connectivity index is 1.02. The summed E-state index contributed by atoms with van der Waals surface area (Å²) < 4.78 is 12.9. The summed E-state index contributed by atoms with van der Waals surface area (Å²) in [7, 11) is 0. The van der Waals surface area contributed by atoms with Gasteiger partial charge in [-0.3, -0.25) is 0 Å². The minimum Gasteiger partial charge on any atom is -0.392 e. The van der Waals surface area contributed by atoms with E-state index in [0.717, 1.165) is 76.6 Å². The molecule has 3 N–H and O–H groups in total. The second-order valence-electron chi connectivity index (χ2n) is 12.7. The smallest absolute Gasteiger partial charge is 0.319 e. The number of urea groups is 1. The Morgan fingerprint density at radius 2 is 1.57 bits per heavy atom. The highest BCUT2D eigenvalue weighted by Gasteiger charge is 2.51. The number of carbonyl (C=O) groups is 1. The molecular formula is C34H39N3O4S. The van der Waals surface area contributed by atoms with Gasteiger partial charge in [0, 0.05) is 35.2 Å². The molecule has 8 heteroatoms. The molecule has 1 aliphatic heterocycles. The molecule has 0 spiro atoms. The number of aliphatic hydroxyl groups is 1. The number of nitrogens with zero attached hydrogens (tertiary/aromatic N) is 1. The molecule has 220 valence electrons. The summed E-state index contributed by atoms with van der Waals surface area (Å²) >= 11 is 1.68. The van der Waals surface area contributed by atoms with Crippen LogP contribution in [0.5, 0.6) is 0 Å². The number of benzene rings is 2. The molecule has 42 heavy (non-hydrogen) atoms. The van der Waals surface area contributed by atoms with Gasteiger partial charge in [-0.15, -0.1) is 11.8 Å². The van der Waals surface area contributed by atoms with E-state index >= 15 is 0 Å². The zero-order valence-corrected chi connectivity index (χ0v) is 24.6. The molecule has 2 aromatic carbocycles. The van der Waals surface area contributed by atoms with Crippen molar-refractivity contribution in [1.29, 1.82) is 0 Å². The van der Waals surface area contributed by atoms with Crippen LogP contribution in [0, 0.1) is 17.8 Å². The first kappa shape index (κ1) is 27.9. The number of hydrogen-bond donors (Lipinski definition) is 3. The van der Waals surface area contributed by atoms with Crippen molar-refractivity contribution in [3.05, 3.63) is 89.6 Å². The predicted molar refractivity (Wildman–Crippen MR) is 163 cm³/mol. The minimum absolute atomic E-state index is 0.0157. The van der Waals surface area contributed by atoms with Gasteiger partial charge in [-0.25, -0.2) is 9.78 Å². The van der Waals surface area contributed by atoms with Crippen molar-refractivity contribution in [3.8, 4) is 0 Å². The summed E-state index contributed by atoms with van der Waals surface area (Å²) in [6, 6.07) is 21.6. The summed E-state index contributed by atoms with van der Waals surface area (Å²) in [6.45, 7) is 0.0157. The first-order valence-corrected chi connectivity index (χ1v) is 16.2. The Kier molecular flexibility index (Phi) is 7.97. The summed E-state index contributed by atoms with van der Waals surface area (Å²) in [5.41, 5.74) is 3.59. The van der Waals surface area contributed by atoms with Crippen LogP contribution in [0.4, 0.5) is 10.5 Å². The van der Waals surface area contributed by atoms with E-state index in [1.807, 2.05) is 66.7 Å².